The Hall–Kier alpha value is -3.12. The number of nitrogens with one attached hydrogen (secondary N) is 1. The lowest BCUT2D eigenvalue weighted by Crippen LogP contribution is -2.29. The van der Waals surface area contributed by atoms with Crippen LogP contribution in [-0.4, -0.2) is 36.1 Å². The van der Waals surface area contributed by atoms with Crippen molar-refractivity contribution in [3.05, 3.63) is 77.6 Å². The molecule has 3 N–H and O–H groups in total. The van der Waals surface area contributed by atoms with Crippen LogP contribution in [0.2, 0.25) is 0 Å². The lowest BCUT2D eigenvalue weighted by Gasteiger charge is -2.23. The van der Waals surface area contributed by atoms with Crippen molar-refractivity contribution in [3.8, 4) is 5.75 Å². The van der Waals surface area contributed by atoms with E-state index >= 15 is 0 Å². The summed E-state index contributed by atoms with van der Waals surface area (Å²) in [5, 5.41) is 3.55. The summed E-state index contributed by atoms with van der Waals surface area (Å²) in [6.45, 7) is 4.87. The summed E-state index contributed by atoms with van der Waals surface area (Å²) < 4.78 is 6.11. The first-order valence-electron chi connectivity index (χ1n) is 12.1. The second kappa shape index (κ2) is 8.67. The number of benzene rings is 2. The van der Waals surface area contributed by atoms with Crippen LogP contribution < -0.4 is 20.7 Å². The number of nitrogens with two attached hydrogens (primary N) is 1. The van der Waals surface area contributed by atoms with Crippen LogP contribution in [0.3, 0.4) is 0 Å². The van der Waals surface area contributed by atoms with Gasteiger partial charge in [0.15, 0.2) is 0 Å². The molecule has 3 atom stereocenters. The molecule has 2 aromatic carbocycles. The summed E-state index contributed by atoms with van der Waals surface area (Å²) in [6, 6.07) is 18.7. The van der Waals surface area contributed by atoms with Crippen LogP contribution in [0.5, 0.6) is 5.75 Å². The first kappa shape index (κ1) is 20.5. The Morgan fingerprint density at radius 2 is 1.82 bits per heavy atom. The highest BCUT2D eigenvalue weighted by molar-refractivity contribution is 5.66. The number of nitrogen functional groups attached to an aromatic ring is 1. The molecule has 1 aromatic heterocycles. The zero-order chi connectivity index (χ0) is 22.2. The predicted octanol–water partition coefficient (Wildman–Crippen LogP) is 3.84. The van der Waals surface area contributed by atoms with E-state index in [0.29, 0.717) is 12.4 Å². The number of rotatable bonds is 6. The van der Waals surface area contributed by atoms with Crippen LogP contribution >= 0.6 is 0 Å². The van der Waals surface area contributed by atoms with Crippen molar-refractivity contribution in [2.45, 2.75) is 25.4 Å². The Morgan fingerprint density at radius 3 is 2.64 bits per heavy atom. The van der Waals surface area contributed by atoms with Crippen molar-refractivity contribution in [2.24, 2.45) is 17.8 Å². The molecule has 6 heteroatoms. The van der Waals surface area contributed by atoms with Crippen molar-refractivity contribution in [1.29, 1.82) is 0 Å². The summed E-state index contributed by atoms with van der Waals surface area (Å²) in [5.74, 6) is 5.06. The standard InChI is InChI=1S/C27H31N5O/c28-26-25-24(20-7-4-8-23(11-20)33-16-18-5-2-1-3-6-18)15-32(27(25)31-17-30-26)14-19-9-21-12-29-13-22(21)10-19/h1-8,11,17,19,21-22,24,29H,9-10,12-16H2,(H2,28,30,31). The molecule has 3 aliphatic rings. The molecule has 3 aromatic rings. The molecule has 1 saturated carbocycles. The third-order valence-corrected chi connectivity index (χ3v) is 7.68. The maximum atomic E-state index is 6.40. The number of hydrogen-bond donors (Lipinski definition) is 2. The van der Waals surface area contributed by atoms with Crippen molar-refractivity contribution in [2.75, 3.05) is 36.8 Å². The fourth-order valence-corrected chi connectivity index (χ4v) is 6.13. The predicted molar refractivity (Wildman–Crippen MR) is 130 cm³/mol. The van der Waals surface area contributed by atoms with E-state index in [9.17, 15) is 0 Å². The van der Waals surface area contributed by atoms with Crippen LogP contribution in [0.4, 0.5) is 11.6 Å². The zero-order valence-electron chi connectivity index (χ0n) is 18.9. The molecule has 1 saturated heterocycles. The van der Waals surface area contributed by atoms with Gasteiger partial charge in [-0.1, -0.05) is 42.5 Å². The minimum atomic E-state index is 0.157. The molecule has 6 rings (SSSR count). The van der Waals surface area contributed by atoms with E-state index < -0.39 is 0 Å². The van der Waals surface area contributed by atoms with Crippen LogP contribution in [0.1, 0.15) is 35.4 Å². The Morgan fingerprint density at radius 1 is 1.00 bits per heavy atom. The molecule has 3 heterocycles. The number of hydrogen-bond acceptors (Lipinski definition) is 6. The Bertz CT molecular complexity index is 1110. The Balaban J connectivity index is 1.22. The van der Waals surface area contributed by atoms with Gasteiger partial charge >= 0.3 is 0 Å². The van der Waals surface area contributed by atoms with E-state index in [2.05, 4.69) is 50.5 Å². The first-order valence-corrected chi connectivity index (χ1v) is 12.1. The molecule has 6 nitrogen and oxygen atoms in total. The topological polar surface area (TPSA) is 76.3 Å². The van der Waals surface area contributed by atoms with Gasteiger partial charge in [-0.25, -0.2) is 9.97 Å². The van der Waals surface area contributed by atoms with E-state index in [1.807, 2.05) is 24.3 Å². The quantitative estimate of drug-likeness (QED) is 0.605. The van der Waals surface area contributed by atoms with Crippen LogP contribution in [0, 0.1) is 17.8 Å². The van der Waals surface area contributed by atoms with Gasteiger partial charge in [0.05, 0.1) is 0 Å². The van der Waals surface area contributed by atoms with Crippen molar-refractivity contribution < 1.29 is 4.74 Å². The molecular formula is C27H31N5O. The van der Waals surface area contributed by atoms with Gasteiger partial charge in [-0.2, -0.15) is 0 Å². The Kier molecular flexibility index (Phi) is 5.38. The van der Waals surface area contributed by atoms with Gasteiger partial charge in [-0.05, 0) is 66.9 Å². The van der Waals surface area contributed by atoms with E-state index in [0.717, 1.165) is 53.5 Å². The zero-order valence-corrected chi connectivity index (χ0v) is 18.9. The van der Waals surface area contributed by atoms with Crippen molar-refractivity contribution in [3.63, 3.8) is 0 Å². The maximum Gasteiger partial charge on any atom is 0.138 e. The molecule has 0 radical (unpaired) electrons. The van der Waals surface area contributed by atoms with E-state index in [4.69, 9.17) is 10.5 Å². The molecule has 0 spiro atoms. The highest BCUT2D eigenvalue weighted by Crippen LogP contribution is 2.45. The molecule has 33 heavy (non-hydrogen) atoms. The lowest BCUT2D eigenvalue weighted by atomic mass is 9.94. The molecule has 2 aliphatic heterocycles. The van der Waals surface area contributed by atoms with Gasteiger partial charge in [-0.15, -0.1) is 0 Å². The molecule has 0 amide bonds. The SMILES string of the molecule is Nc1ncnc2c1C(c1cccc(OCc3ccccc3)c1)CN2CC1CC2CNCC2C1. The van der Waals surface area contributed by atoms with Gasteiger partial charge in [0.2, 0.25) is 0 Å². The summed E-state index contributed by atoms with van der Waals surface area (Å²) in [4.78, 5) is 11.5. The minimum Gasteiger partial charge on any atom is -0.489 e. The molecule has 2 fully saturated rings. The molecule has 170 valence electrons. The third-order valence-electron chi connectivity index (χ3n) is 7.68. The van der Waals surface area contributed by atoms with Crippen LogP contribution in [-0.2, 0) is 6.61 Å². The highest BCUT2D eigenvalue weighted by Gasteiger charge is 2.40. The van der Waals surface area contributed by atoms with Gasteiger partial charge in [0.25, 0.3) is 0 Å². The van der Waals surface area contributed by atoms with Crippen LogP contribution in [0.25, 0.3) is 0 Å². The lowest BCUT2D eigenvalue weighted by molar-refractivity contribution is 0.306. The highest BCUT2D eigenvalue weighted by atomic mass is 16.5. The van der Waals surface area contributed by atoms with Gasteiger partial charge in [-0.3, -0.25) is 0 Å². The maximum absolute atomic E-state index is 6.40. The van der Waals surface area contributed by atoms with E-state index in [1.54, 1.807) is 6.33 Å². The molecule has 0 bridgehead atoms. The number of ether oxygens (including phenoxy) is 1. The second-order valence-corrected chi connectivity index (χ2v) is 9.82. The molecular weight excluding hydrogens is 410 g/mol. The normalized spacial score (nSPS) is 25.8. The molecule has 3 unspecified atom stereocenters. The van der Waals surface area contributed by atoms with Gasteiger partial charge < -0.3 is 20.7 Å². The first-order chi connectivity index (χ1) is 16.2. The monoisotopic (exact) mass is 441 g/mol. The minimum absolute atomic E-state index is 0.157. The number of anilines is 2. The van der Waals surface area contributed by atoms with E-state index in [-0.39, 0.29) is 5.92 Å². The average molecular weight is 442 g/mol. The van der Waals surface area contributed by atoms with Gasteiger partial charge in [0, 0.05) is 24.6 Å². The Labute approximate surface area is 195 Å². The van der Waals surface area contributed by atoms with Crippen molar-refractivity contribution in [1.82, 2.24) is 15.3 Å². The molecule has 1 aliphatic carbocycles. The summed E-state index contributed by atoms with van der Waals surface area (Å²) in [5.41, 5.74) is 9.84. The van der Waals surface area contributed by atoms with Gasteiger partial charge in [0.1, 0.15) is 30.3 Å². The summed E-state index contributed by atoms with van der Waals surface area (Å²) >= 11 is 0. The van der Waals surface area contributed by atoms with Crippen LogP contribution in [0.15, 0.2) is 60.9 Å². The average Bonchev–Trinajstić information content (AvgIpc) is 3.53. The second-order valence-electron chi connectivity index (χ2n) is 9.82. The third kappa shape index (κ3) is 4.04. The smallest absolute Gasteiger partial charge is 0.138 e. The summed E-state index contributed by atoms with van der Waals surface area (Å²) in [6.07, 6.45) is 4.24. The number of nitrogens with zero attached hydrogens (tertiary/aromatic N) is 3. The largest absolute Gasteiger partial charge is 0.489 e. The number of fused-ring (bicyclic) bond motifs is 2. The fourth-order valence-electron chi connectivity index (χ4n) is 6.13. The van der Waals surface area contributed by atoms with Crippen molar-refractivity contribution >= 4 is 11.6 Å². The van der Waals surface area contributed by atoms with E-state index in [1.165, 1.54) is 31.5 Å². The number of aromatic nitrogens is 2. The summed E-state index contributed by atoms with van der Waals surface area (Å²) in [7, 11) is 0. The fraction of sp³-hybridized carbons (Fsp3) is 0.407.